The van der Waals surface area contributed by atoms with Crippen LogP contribution in [-0.4, -0.2) is 13.4 Å². The third kappa shape index (κ3) is 803. The summed E-state index contributed by atoms with van der Waals surface area (Å²) in [5.41, 5.74) is 0. The first-order valence-corrected chi connectivity index (χ1v) is 3.43. The van der Waals surface area contributed by atoms with E-state index in [2.05, 4.69) is 0 Å². The van der Waals surface area contributed by atoms with Gasteiger partial charge >= 0.3 is 29.5 Å². The maximum absolute atomic E-state index is 8.82. The molecule has 0 aromatic heterocycles. The summed E-state index contributed by atoms with van der Waals surface area (Å²) in [6.07, 6.45) is 0. The molecule has 11 nitrogen and oxygen atoms in total. The van der Waals surface area contributed by atoms with E-state index in [1.165, 1.54) is 0 Å². The van der Waals surface area contributed by atoms with Crippen LogP contribution in [0, 0.1) is 15.3 Å². The van der Waals surface area contributed by atoms with Crippen LogP contribution in [-0.2, 0) is 21.2 Å². The van der Waals surface area contributed by atoms with Crippen molar-refractivity contribution in [2.75, 3.05) is 0 Å². The predicted molar refractivity (Wildman–Crippen MR) is 32.2 cm³/mol. The van der Waals surface area contributed by atoms with Crippen LogP contribution in [0.1, 0.15) is 0 Å². The van der Waals surface area contributed by atoms with Gasteiger partial charge in [0.1, 0.15) is 0 Å². The summed E-state index contributed by atoms with van der Waals surface area (Å²) in [6, 6.07) is 0. The maximum atomic E-state index is 8.82. The molecule has 0 aromatic carbocycles. The van der Waals surface area contributed by atoms with Gasteiger partial charge in [0.05, 0.1) is 5.09 Å². The molecule has 80 valence electrons. The molecule has 0 amide bonds. The molecule has 0 radical (unpaired) electrons. The fraction of sp³-hybridized carbons (Fsp3) is 0. The van der Waals surface area contributed by atoms with Crippen LogP contribution in [0.2, 0.25) is 0 Å². The molecule has 0 rings (SSSR count). The zero-order chi connectivity index (χ0) is 8.08. The molecule has 0 aliphatic rings. The fourth-order valence-corrected chi connectivity index (χ4v) is 0. The summed E-state index contributed by atoms with van der Waals surface area (Å²) in [5.74, 6) is 0. The second-order valence-corrected chi connectivity index (χ2v) is 2.07. The first-order chi connectivity index (χ1) is 3.73. The average molecular weight is 232 g/mol. The van der Waals surface area contributed by atoms with Gasteiger partial charge in [0.15, 0.2) is 0 Å². The zero-order valence-corrected chi connectivity index (χ0v) is 7.48. The van der Waals surface area contributed by atoms with E-state index in [0.29, 0.717) is 0 Å². The minimum absolute atomic E-state index is 0. The molecule has 0 bridgehead atoms. The molecule has 12 N–H and O–H groups in total. The van der Waals surface area contributed by atoms with Crippen molar-refractivity contribution in [1.82, 2.24) is 18.5 Å². The van der Waals surface area contributed by atoms with Crippen molar-refractivity contribution in [2.24, 2.45) is 0 Å². The Labute approximate surface area is 69.3 Å². The van der Waals surface area contributed by atoms with Crippen LogP contribution in [0.4, 0.5) is 0 Å². The summed E-state index contributed by atoms with van der Waals surface area (Å²) >= 11 is -5.25. The third-order valence-electron chi connectivity index (χ3n) is 0. The van der Waals surface area contributed by atoms with Gasteiger partial charge in [-0.3, -0.25) is 0 Å². The standard InChI is InChI=1S/Cr.NO3.3H3N.2H2O.2O/c;2-1(3)4;;;;;;;/h;;3*1H3;2*1H2;;/q+2;-1;;;;;;;/p-1. The van der Waals surface area contributed by atoms with E-state index in [1.54, 1.807) is 0 Å². The molecular weight excluding hydrogens is 220 g/mol. The van der Waals surface area contributed by atoms with Crippen LogP contribution >= 0.6 is 0 Å². The first-order valence-electron chi connectivity index (χ1n) is 1.25. The Morgan fingerprint density at radius 3 is 1.08 bits per heavy atom. The molecule has 0 fully saturated rings. The molecule has 0 heterocycles. The monoisotopic (exact) mass is 232 g/mol. The number of hydrogen-bond acceptors (Lipinski definition) is 7. The molecule has 0 saturated carbocycles. The van der Waals surface area contributed by atoms with Gasteiger partial charge in [-0.2, -0.15) is 0 Å². The van der Waals surface area contributed by atoms with Crippen molar-refractivity contribution < 1.29 is 34.6 Å². The molecule has 0 spiro atoms. The second kappa shape index (κ2) is 12.8. The molecule has 12 heteroatoms. The van der Waals surface area contributed by atoms with Crippen molar-refractivity contribution in [3.05, 3.63) is 15.3 Å². The van der Waals surface area contributed by atoms with Crippen molar-refractivity contribution in [3.63, 3.8) is 0 Å². The van der Waals surface area contributed by atoms with E-state index in [-0.39, 0.29) is 18.5 Å². The van der Waals surface area contributed by atoms with Crippen LogP contribution in [0.15, 0.2) is 0 Å². The van der Waals surface area contributed by atoms with Gasteiger partial charge in [0, 0.05) is 0 Å². The fourth-order valence-electron chi connectivity index (χ4n) is 0. The van der Waals surface area contributed by atoms with E-state index in [4.69, 9.17) is 31.2 Å². The zero-order valence-electron chi connectivity index (χ0n) is 6.21. The third-order valence-corrected chi connectivity index (χ3v) is 0. The Morgan fingerprint density at radius 2 is 1.08 bits per heavy atom. The Morgan fingerprint density at radius 1 is 1.08 bits per heavy atom. The van der Waals surface area contributed by atoms with Crippen molar-refractivity contribution in [2.45, 2.75) is 0 Å². The van der Waals surface area contributed by atoms with Crippen molar-refractivity contribution >= 4 is 0 Å². The van der Waals surface area contributed by atoms with E-state index in [1.807, 2.05) is 0 Å². The Balaban J connectivity index is -0.0000000221. The van der Waals surface area contributed by atoms with Gasteiger partial charge in [-0.15, -0.1) is 0 Å². The Hall–Kier alpha value is -0.868. The van der Waals surface area contributed by atoms with E-state index in [0.717, 1.165) is 0 Å². The van der Waals surface area contributed by atoms with Crippen molar-refractivity contribution in [1.29, 1.82) is 0 Å². The molecule has 0 aliphatic heterocycles. The van der Waals surface area contributed by atoms with Crippen molar-refractivity contribution in [3.8, 4) is 0 Å². The van der Waals surface area contributed by atoms with E-state index < -0.39 is 18.7 Å². The number of nitrogens with zero attached hydrogens (tertiary/aromatic N) is 1. The predicted octanol–water partition coefficient (Wildman–Crippen LogP) is -0.893. The molecule has 0 aromatic rings. The number of rotatable bonds is 0. The summed E-state index contributed by atoms with van der Waals surface area (Å²) in [6.45, 7) is 0. The summed E-state index contributed by atoms with van der Waals surface area (Å²) in [7, 11) is 0. The van der Waals surface area contributed by atoms with Crippen LogP contribution < -0.4 is 18.5 Å². The first kappa shape index (κ1) is 30.4. The molecular formula is H12CrN4O7. The second-order valence-electron chi connectivity index (χ2n) is 0.671. The SMILES string of the molecule is N.N.O=[N+]([O-])[O-].[NH4+].[O]=[Cr](=[O])([OH])[OH]. The molecule has 0 unspecified atom stereocenters. The summed E-state index contributed by atoms with van der Waals surface area (Å²) in [4.78, 5) is 8.25. The quantitative estimate of drug-likeness (QED) is 0.256. The van der Waals surface area contributed by atoms with Gasteiger partial charge in [0.2, 0.25) is 0 Å². The van der Waals surface area contributed by atoms with E-state index >= 15 is 0 Å². The average Bonchev–Trinajstić information content (AvgIpc) is 1.19. The van der Waals surface area contributed by atoms with Gasteiger partial charge in [0.25, 0.3) is 0 Å². The normalized spacial score (nSPS) is 6.83. The van der Waals surface area contributed by atoms with E-state index in [9.17, 15) is 0 Å². The number of quaternary nitrogens is 1. The van der Waals surface area contributed by atoms with Crippen LogP contribution in [0.3, 0.4) is 0 Å². The number of hydrogen-bond donors (Lipinski definition) is 5. The molecule has 0 atom stereocenters. The van der Waals surface area contributed by atoms with Gasteiger partial charge in [-0.25, -0.2) is 0 Å². The minimum atomic E-state index is -5.25. The topological polar surface area (TPSA) is 247 Å². The summed E-state index contributed by atoms with van der Waals surface area (Å²) < 4.78 is 31.9. The van der Waals surface area contributed by atoms with Crippen LogP contribution in [0.5, 0.6) is 0 Å². The van der Waals surface area contributed by atoms with Gasteiger partial charge in [-0.05, 0) is 0 Å². The van der Waals surface area contributed by atoms with Gasteiger partial charge in [-0.1, -0.05) is 0 Å². The Kier molecular flexibility index (Phi) is 32.4. The van der Waals surface area contributed by atoms with Gasteiger partial charge < -0.3 is 33.8 Å². The Bertz CT molecular complexity index is 158. The molecule has 12 heavy (non-hydrogen) atoms. The molecule has 0 saturated heterocycles. The summed E-state index contributed by atoms with van der Waals surface area (Å²) in [5, 5.41) is 14.8. The molecule has 0 aliphatic carbocycles. The van der Waals surface area contributed by atoms with Crippen LogP contribution in [0.25, 0.3) is 0 Å².